The zero-order valence-corrected chi connectivity index (χ0v) is 11.5. The summed E-state index contributed by atoms with van der Waals surface area (Å²) in [5.41, 5.74) is 0.984. The molecule has 1 amide bonds. The van der Waals surface area contributed by atoms with Crippen molar-refractivity contribution in [2.75, 3.05) is 13.7 Å². The first-order valence-electron chi connectivity index (χ1n) is 6.73. The molecule has 1 heterocycles. The summed E-state index contributed by atoms with van der Waals surface area (Å²) in [5.74, 6) is 0.838. The van der Waals surface area contributed by atoms with E-state index in [4.69, 9.17) is 9.47 Å². The first-order chi connectivity index (χ1) is 9.19. The predicted octanol–water partition coefficient (Wildman–Crippen LogP) is 1.92. The van der Waals surface area contributed by atoms with Crippen molar-refractivity contribution in [3.63, 3.8) is 0 Å². The topological polar surface area (TPSA) is 47.6 Å². The Morgan fingerprint density at radius 2 is 2.21 bits per heavy atom. The van der Waals surface area contributed by atoms with Gasteiger partial charge in [-0.25, -0.2) is 0 Å². The third-order valence-electron chi connectivity index (χ3n) is 3.43. The lowest BCUT2D eigenvalue weighted by Crippen LogP contribution is -2.41. The molecule has 0 radical (unpaired) electrons. The summed E-state index contributed by atoms with van der Waals surface area (Å²) in [5, 5.41) is 3.00. The van der Waals surface area contributed by atoms with Gasteiger partial charge in [0.2, 0.25) is 5.91 Å². The summed E-state index contributed by atoms with van der Waals surface area (Å²) in [7, 11) is 1.63. The van der Waals surface area contributed by atoms with Gasteiger partial charge in [-0.2, -0.15) is 0 Å². The molecule has 0 unspecified atom stereocenters. The maximum atomic E-state index is 11.9. The van der Waals surface area contributed by atoms with Crippen LogP contribution in [0.5, 0.6) is 5.75 Å². The number of rotatable bonds is 5. The normalized spacial score (nSPS) is 20.0. The second kappa shape index (κ2) is 6.57. The number of hydrogen-bond acceptors (Lipinski definition) is 3. The van der Waals surface area contributed by atoms with E-state index in [0.29, 0.717) is 6.42 Å². The highest BCUT2D eigenvalue weighted by atomic mass is 16.5. The quantitative estimate of drug-likeness (QED) is 0.883. The van der Waals surface area contributed by atoms with Crippen LogP contribution in [0.15, 0.2) is 24.3 Å². The molecular weight excluding hydrogens is 242 g/mol. The average Bonchev–Trinajstić information content (AvgIpc) is 2.93. The fourth-order valence-corrected chi connectivity index (χ4v) is 2.32. The number of methoxy groups -OCH3 is 1. The standard InChI is InChI=1S/C15H21NO3/c1-11(14-4-3-9-19-14)16-15(17)10-12-5-7-13(18-2)8-6-12/h5-8,11,14H,3-4,9-10H2,1-2H3,(H,16,17)/t11-,14+/m0/s1. The summed E-state index contributed by atoms with van der Waals surface area (Å²) in [6.07, 6.45) is 2.67. The number of hydrogen-bond donors (Lipinski definition) is 1. The molecule has 1 fully saturated rings. The summed E-state index contributed by atoms with van der Waals surface area (Å²) in [4.78, 5) is 11.9. The Balaban J connectivity index is 1.82. The molecule has 0 aromatic heterocycles. The molecule has 2 atom stereocenters. The molecule has 1 N–H and O–H groups in total. The average molecular weight is 263 g/mol. The van der Waals surface area contributed by atoms with Gasteiger partial charge in [-0.15, -0.1) is 0 Å². The molecule has 4 nitrogen and oxygen atoms in total. The van der Waals surface area contributed by atoms with Crippen LogP contribution in [0.1, 0.15) is 25.3 Å². The molecule has 1 saturated heterocycles. The highest BCUT2D eigenvalue weighted by molar-refractivity contribution is 5.78. The lowest BCUT2D eigenvalue weighted by atomic mass is 10.1. The van der Waals surface area contributed by atoms with E-state index in [1.165, 1.54) is 0 Å². The van der Waals surface area contributed by atoms with Gasteiger partial charge < -0.3 is 14.8 Å². The highest BCUT2D eigenvalue weighted by Crippen LogP contribution is 2.16. The van der Waals surface area contributed by atoms with Crippen molar-refractivity contribution in [3.05, 3.63) is 29.8 Å². The van der Waals surface area contributed by atoms with Crippen LogP contribution < -0.4 is 10.1 Å². The third-order valence-corrected chi connectivity index (χ3v) is 3.43. The van der Waals surface area contributed by atoms with Crippen LogP contribution in [-0.2, 0) is 16.0 Å². The molecular formula is C15H21NO3. The van der Waals surface area contributed by atoms with Crippen molar-refractivity contribution in [1.82, 2.24) is 5.32 Å². The molecule has 0 bridgehead atoms. The molecule has 1 aliphatic heterocycles. The second-order valence-corrected chi connectivity index (χ2v) is 4.93. The molecule has 1 aromatic carbocycles. The van der Waals surface area contributed by atoms with Gasteiger partial charge in [-0.05, 0) is 37.5 Å². The number of benzene rings is 1. The number of nitrogens with one attached hydrogen (secondary N) is 1. The van der Waals surface area contributed by atoms with Crippen LogP contribution in [-0.4, -0.2) is 31.8 Å². The SMILES string of the molecule is COc1ccc(CC(=O)N[C@@H](C)[C@H]2CCCO2)cc1. The van der Waals surface area contributed by atoms with Gasteiger partial charge in [-0.1, -0.05) is 12.1 Å². The minimum atomic E-state index is 0.0353. The van der Waals surface area contributed by atoms with Gasteiger partial charge in [0, 0.05) is 6.61 Å². The molecule has 104 valence electrons. The summed E-state index contributed by atoms with van der Waals surface area (Å²) >= 11 is 0. The molecule has 4 heteroatoms. The fraction of sp³-hybridized carbons (Fsp3) is 0.533. The van der Waals surface area contributed by atoms with Crippen LogP contribution in [0, 0.1) is 0 Å². The van der Waals surface area contributed by atoms with Crippen LogP contribution in [0.3, 0.4) is 0 Å². The van der Waals surface area contributed by atoms with E-state index >= 15 is 0 Å². The Hall–Kier alpha value is -1.55. The van der Waals surface area contributed by atoms with Gasteiger partial charge in [0.25, 0.3) is 0 Å². The minimum absolute atomic E-state index is 0.0353. The zero-order valence-electron chi connectivity index (χ0n) is 11.5. The Morgan fingerprint density at radius 3 is 2.79 bits per heavy atom. The first kappa shape index (κ1) is 13.9. The van der Waals surface area contributed by atoms with Gasteiger partial charge in [0.1, 0.15) is 5.75 Å². The molecule has 1 aromatic rings. The molecule has 0 spiro atoms. The Labute approximate surface area is 114 Å². The third kappa shape index (κ3) is 3.96. The van der Waals surface area contributed by atoms with E-state index in [9.17, 15) is 4.79 Å². The Bertz CT molecular complexity index is 410. The van der Waals surface area contributed by atoms with E-state index in [1.807, 2.05) is 31.2 Å². The summed E-state index contributed by atoms with van der Waals surface area (Å²) in [6, 6.07) is 7.64. The number of amides is 1. The monoisotopic (exact) mass is 263 g/mol. The molecule has 1 aliphatic rings. The maximum absolute atomic E-state index is 11.9. The van der Waals surface area contributed by atoms with Crippen LogP contribution in [0.2, 0.25) is 0 Å². The molecule has 2 rings (SSSR count). The summed E-state index contributed by atoms with van der Waals surface area (Å²) in [6.45, 7) is 2.81. The first-order valence-corrected chi connectivity index (χ1v) is 6.73. The zero-order chi connectivity index (χ0) is 13.7. The van der Waals surface area contributed by atoms with Gasteiger partial charge in [0.05, 0.1) is 25.7 Å². The minimum Gasteiger partial charge on any atom is -0.497 e. The highest BCUT2D eigenvalue weighted by Gasteiger charge is 2.23. The second-order valence-electron chi connectivity index (χ2n) is 4.93. The number of carbonyl (C=O) groups is 1. The Kier molecular flexibility index (Phi) is 4.80. The van der Waals surface area contributed by atoms with Crippen LogP contribution in [0.25, 0.3) is 0 Å². The van der Waals surface area contributed by atoms with Crippen molar-refractivity contribution < 1.29 is 14.3 Å². The molecule has 0 aliphatic carbocycles. The largest absolute Gasteiger partial charge is 0.497 e. The molecule has 19 heavy (non-hydrogen) atoms. The van der Waals surface area contributed by atoms with E-state index in [-0.39, 0.29) is 18.1 Å². The van der Waals surface area contributed by atoms with Gasteiger partial charge in [-0.3, -0.25) is 4.79 Å². The van der Waals surface area contributed by atoms with E-state index in [0.717, 1.165) is 30.8 Å². The van der Waals surface area contributed by atoms with Crippen molar-refractivity contribution in [2.24, 2.45) is 0 Å². The molecule has 0 saturated carbocycles. The van der Waals surface area contributed by atoms with E-state index < -0.39 is 0 Å². The summed E-state index contributed by atoms with van der Waals surface area (Å²) < 4.78 is 10.7. The van der Waals surface area contributed by atoms with E-state index in [1.54, 1.807) is 7.11 Å². The van der Waals surface area contributed by atoms with Crippen molar-refractivity contribution in [3.8, 4) is 5.75 Å². The Morgan fingerprint density at radius 1 is 1.47 bits per heavy atom. The van der Waals surface area contributed by atoms with Crippen molar-refractivity contribution in [1.29, 1.82) is 0 Å². The lowest BCUT2D eigenvalue weighted by molar-refractivity contribution is -0.121. The fourth-order valence-electron chi connectivity index (χ4n) is 2.32. The number of carbonyl (C=O) groups excluding carboxylic acids is 1. The number of ether oxygens (including phenoxy) is 2. The van der Waals surface area contributed by atoms with Crippen molar-refractivity contribution >= 4 is 5.91 Å². The van der Waals surface area contributed by atoms with Gasteiger partial charge >= 0.3 is 0 Å². The van der Waals surface area contributed by atoms with Crippen LogP contribution >= 0.6 is 0 Å². The smallest absolute Gasteiger partial charge is 0.224 e. The predicted molar refractivity (Wildman–Crippen MR) is 73.3 cm³/mol. The van der Waals surface area contributed by atoms with Gasteiger partial charge in [0.15, 0.2) is 0 Å². The van der Waals surface area contributed by atoms with E-state index in [2.05, 4.69) is 5.32 Å². The van der Waals surface area contributed by atoms with Crippen LogP contribution in [0.4, 0.5) is 0 Å². The lowest BCUT2D eigenvalue weighted by Gasteiger charge is -2.20. The van der Waals surface area contributed by atoms with Crippen molar-refractivity contribution in [2.45, 2.75) is 38.3 Å². The maximum Gasteiger partial charge on any atom is 0.224 e.